The SMILES string of the molecule is CNCc1ccc(OC)c(OCc2cncc(Br)c2)c1. The average molecular weight is 337 g/mol. The molecule has 1 aromatic carbocycles. The second-order valence-corrected chi connectivity index (χ2v) is 5.23. The Balaban J connectivity index is 2.12. The first-order chi connectivity index (χ1) is 9.72. The first-order valence-corrected chi connectivity index (χ1v) is 7.06. The van der Waals surface area contributed by atoms with Gasteiger partial charge in [-0.1, -0.05) is 6.07 Å². The van der Waals surface area contributed by atoms with Crippen LogP contribution in [0.2, 0.25) is 0 Å². The maximum absolute atomic E-state index is 5.84. The van der Waals surface area contributed by atoms with E-state index >= 15 is 0 Å². The third kappa shape index (κ3) is 3.95. The van der Waals surface area contributed by atoms with Gasteiger partial charge < -0.3 is 14.8 Å². The number of halogens is 1. The number of ether oxygens (including phenoxy) is 2. The van der Waals surface area contributed by atoms with Crippen molar-refractivity contribution in [2.45, 2.75) is 13.2 Å². The molecule has 4 nitrogen and oxygen atoms in total. The van der Waals surface area contributed by atoms with Crippen LogP contribution in [0.15, 0.2) is 41.1 Å². The van der Waals surface area contributed by atoms with E-state index in [4.69, 9.17) is 9.47 Å². The van der Waals surface area contributed by atoms with Crippen molar-refractivity contribution in [1.29, 1.82) is 0 Å². The van der Waals surface area contributed by atoms with Crippen LogP contribution in [0.4, 0.5) is 0 Å². The zero-order valence-corrected chi connectivity index (χ0v) is 13.1. The Kier molecular flexibility index (Phi) is 5.38. The lowest BCUT2D eigenvalue weighted by molar-refractivity contribution is 0.283. The number of nitrogens with zero attached hydrogens (tertiary/aromatic N) is 1. The van der Waals surface area contributed by atoms with Gasteiger partial charge in [-0.15, -0.1) is 0 Å². The monoisotopic (exact) mass is 336 g/mol. The summed E-state index contributed by atoms with van der Waals surface area (Å²) in [5.74, 6) is 1.47. The normalized spacial score (nSPS) is 10.3. The maximum Gasteiger partial charge on any atom is 0.161 e. The average Bonchev–Trinajstić information content (AvgIpc) is 2.46. The molecule has 0 saturated carbocycles. The first kappa shape index (κ1) is 14.8. The summed E-state index contributed by atoms with van der Waals surface area (Å²) in [6.45, 7) is 1.24. The van der Waals surface area contributed by atoms with Gasteiger partial charge in [-0.3, -0.25) is 4.98 Å². The summed E-state index contributed by atoms with van der Waals surface area (Å²) in [6.07, 6.45) is 3.53. The number of nitrogens with one attached hydrogen (secondary N) is 1. The molecule has 0 aliphatic heterocycles. The summed E-state index contributed by atoms with van der Waals surface area (Å²) in [7, 11) is 3.55. The van der Waals surface area contributed by atoms with Crippen LogP contribution >= 0.6 is 15.9 Å². The molecule has 0 fully saturated rings. The van der Waals surface area contributed by atoms with Gasteiger partial charge in [0, 0.05) is 29.0 Å². The number of hydrogen-bond donors (Lipinski definition) is 1. The van der Waals surface area contributed by atoms with Crippen molar-refractivity contribution in [2.24, 2.45) is 0 Å². The zero-order valence-electron chi connectivity index (χ0n) is 11.5. The highest BCUT2D eigenvalue weighted by molar-refractivity contribution is 9.10. The molecule has 5 heteroatoms. The van der Waals surface area contributed by atoms with Gasteiger partial charge in [0.15, 0.2) is 11.5 Å². The van der Waals surface area contributed by atoms with Crippen LogP contribution in [-0.2, 0) is 13.2 Å². The quantitative estimate of drug-likeness (QED) is 0.879. The molecule has 0 atom stereocenters. The van der Waals surface area contributed by atoms with E-state index in [-0.39, 0.29) is 0 Å². The second kappa shape index (κ2) is 7.26. The van der Waals surface area contributed by atoms with Crippen molar-refractivity contribution in [2.75, 3.05) is 14.2 Å². The maximum atomic E-state index is 5.84. The lowest BCUT2D eigenvalue weighted by Gasteiger charge is -2.12. The van der Waals surface area contributed by atoms with Crippen LogP contribution in [-0.4, -0.2) is 19.1 Å². The summed E-state index contributed by atoms with van der Waals surface area (Å²) in [5.41, 5.74) is 2.15. The van der Waals surface area contributed by atoms with Crippen molar-refractivity contribution in [3.05, 3.63) is 52.3 Å². The summed E-state index contributed by atoms with van der Waals surface area (Å²) >= 11 is 3.40. The molecule has 2 aromatic rings. The third-order valence-electron chi connectivity index (χ3n) is 2.76. The van der Waals surface area contributed by atoms with E-state index in [0.29, 0.717) is 6.61 Å². The molecule has 0 spiro atoms. The Morgan fingerprint density at radius 3 is 2.70 bits per heavy atom. The van der Waals surface area contributed by atoms with E-state index in [1.165, 1.54) is 0 Å². The lowest BCUT2D eigenvalue weighted by atomic mass is 10.2. The molecular weight excluding hydrogens is 320 g/mol. The minimum atomic E-state index is 0.450. The molecule has 106 valence electrons. The molecule has 0 bridgehead atoms. The number of rotatable bonds is 6. The molecule has 1 N–H and O–H groups in total. The molecule has 1 heterocycles. The predicted molar refractivity (Wildman–Crippen MR) is 82.0 cm³/mol. The second-order valence-electron chi connectivity index (χ2n) is 4.32. The van der Waals surface area contributed by atoms with Gasteiger partial charge in [0.2, 0.25) is 0 Å². The van der Waals surface area contributed by atoms with Crippen LogP contribution < -0.4 is 14.8 Å². The van der Waals surface area contributed by atoms with Crippen molar-refractivity contribution >= 4 is 15.9 Å². The van der Waals surface area contributed by atoms with E-state index in [1.807, 2.05) is 31.3 Å². The van der Waals surface area contributed by atoms with Gasteiger partial charge in [0.25, 0.3) is 0 Å². The fraction of sp³-hybridized carbons (Fsp3) is 0.267. The Bertz CT molecular complexity index is 576. The van der Waals surface area contributed by atoms with Gasteiger partial charge in [-0.25, -0.2) is 0 Å². The largest absolute Gasteiger partial charge is 0.493 e. The highest BCUT2D eigenvalue weighted by atomic mass is 79.9. The van der Waals surface area contributed by atoms with Crippen molar-refractivity contribution in [3.63, 3.8) is 0 Å². The van der Waals surface area contributed by atoms with Crippen LogP contribution in [0.25, 0.3) is 0 Å². The van der Waals surface area contributed by atoms with Gasteiger partial charge in [-0.05, 0) is 46.7 Å². The molecular formula is C15H17BrN2O2. The van der Waals surface area contributed by atoms with Crippen molar-refractivity contribution < 1.29 is 9.47 Å². The standard InChI is InChI=1S/C15H17BrN2O2/c1-17-7-11-3-4-14(19-2)15(6-11)20-10-12-5-13(16)9-18-8-12/h3-6,8-9,17H,7,10H2,1-2H3. The van der Waals surface area contributed by atoms with E-state index in [9.17, 15) is 0 Å². The molecule has 0 saturated heterocycles. The number of benzene rings is 1. The summed E-state index contributed by atoms with van der Waals surface area (Å²) in [6, 6.07) is 7.90. The molecule has 1 aromatic heterocycles. The number of methoxy groups -OCH3 is 1. The van der Waals surface area contributed by atoms with Gasteiger partial charge in [0.1, 0.15) is 6.61 Å². The van der Waals surface area contributed by atoms with Crippen LogP contribution in [0.1, 0.15) is 11.1 Å². The van der Waals surface area contributed by atoms with E-state index in [1.54, 1.807) is 19.5 Å². The summed E-state index contributed by atoms with van der Waals surface area (Å²) in [5, 5.41) is 3.12. The first-order valence-electron chi connectivity index (χ1n) is 6.26. The van der Waals surface area contributed by atoms with Gasteiger partial charge in [-0.2, -0.15) is 0 Å². The smallest absolute Gasteiger partial charge is 0.161 e. The minimum Gasteiger partial charge on any atom is -0.493 e. The van der Waals surface area contributed by atoms with Crippen molar-refractivity contribution in [3.8, 4) is 11.5 Å². The number of pyridine rings is 1. The number of hydrogen-bond acceptors (Lipinski definition) is 4. The topological polar surface area (TPSA) is 43.4 Å². The highest BCUT2D eigenvalue weighted by Gasteiger charge is 2.06. The molecule has 0 aliphatic rings. The molecule has 2 rings (SSSR count). The van der Waals surface area contributed by atoms with Crippen LogP contribution in [0.3, 0.4) is 0 Å². The van der Waals surface area contributed by atoms with Gasteiger partial charge in [0.05, 0.1) is 7.11 Å². The minimum absolute atomic E-state index is 0.450. The molecule has 0 amide bonds. The molecule has 0 aliphatic carbocycles. The summed E-state index contributed by atoms with van der Waals surface area (Å²) in [4.78, 5) is 4.12. The third-order valence-corrected chi connectivity index (χ3v) is 3.20. The van der Waals surface area contributed by atoms with E-state index < -0.39 is 0 Å². The Hall–Kier alpha value is -1.59. The Morgan fingerprint density at radius 2 is 2.00 bits per heavy atom. The van der Waals surface area contributed by atoms with Gasteiger partial charge >= 0.3 is 0 Å². The van der Waals surface area contributed by atoms with Crippen LogP contribution in [0.5, 0.6) is 11.5 Å². The highest BCUT2D eigenvalue weighted by Crippen LogP contribution is 2.29. The lowest BCUT2D eigenvalue weighted by Crippen LogP contribution is -2.06. The number of aromatic nitrogens is 1. The van der Waals surface area contributed by atoms with E-state index in [0.717, 1.165) is 33.6 Å². The van der Waals surface area contributed by atoms with Crippen LogP contribution in [0, 0.1) is 0 Å². The zero-order chi connectivity index (χ0) is 14.4. The fourth-order valence-electron chi connectivity index (χ4n) is 1.84. The predicted octanol–water partition coefficient (Wildman–Crippen LogP) is 3.15. The fourth-order valence-corrected chi connectivity index (χ4v) is 2.26. The van der Waals surface area contributed by atoms with E-state index in [2.05, 4.69) is 26.2 Å². The molecule has 0 radical (unpaired) electrons. The molecule has 20 heavy (non-hydrogen) atoms. The summed E-state index contributed by atoms with van der Waals surface area (Å²) < 4.78 is 12.1. The Labute approximate surface area is 127 Å². The Morgan fingerprint density at radius 1 is 1.15 bits per heavy atom. The van der Waals surface area contributed by atoms with Crippen molar-refractivity contribution in [1.82, 2.24) is 10.3 Å². The molecule has 0 unspecified atom stereocenters.